The van der Waals surface area contributed by atoms with E-state index >= 15 is 0 Å². The summed E-state index contributed by atoms with van der Waals surface area (Å²) in [6, 6.07) is 14.4. The summed E-state index contributed by atoms with van der Waals surface area (Å²) in [5, 5.41) is 11.5. The number of hydrogen-bond donors (Lipinski definition) is 2. The average Bonchev–Trinajstić information content (AvgIpc) is 2.70. The molecule has 0 spiro atoms. The molecular formula is C25H31NO4. The van der Waals surface area contributed by atoms with Crippen molar-refractivity contribution in [1.82, 2.24) is 5.32 Å². The molecule has 1 amide bonds. The van der Waals surface area contributed by atoms with Crippen LogP contribution in [0.25, 0.3) is 0 Å². The fraction of sp³-hybridized carbons (Fsp3) is 0.200. The SMILES string of the molecule is C=C(/C=C(\C)NC(=O)c1ccc(C)cc1Oc1ccccc1)C(=O)O.C=CC.CC. The quantitative estimate of drug-likeness (QED) is 0.334. The Balaban J connectivity index is 0.00000154. The molecule has 0 aliphatic rings. The molecule has 5 nitrogen and oxygen atoms in total. The number of carbonyl (C=O) groups excluding carboxylic acids is 1. The molecule has 0 fully saturated rings. The summed E-state index contributed by atoms with van der Waals surface area (Å²) in [5.41, 5.74) is 1.57. The summed E-state index contributed by atoms with van der Waals surface area (Å²) in [6.45, 7) is 16.2. The molecule has 2 aromatic carbocycles. The van der Waals surface area contributed by atoms with Crippen LogP contribution in [-0.4, -0.2) is 17.0 Å². The highest BCUT2D eigenvalue weighted by Crippen LogP contribution is 2.26. The number of nitrogens with one attached hydrogen (secondary N) is 1. The van der Waals surface area contributed by atoms with Crippen molar-refractivity contribution in [3.05, 3.63) is 96.2 Å². The van der Waals surface area contributed by atoms with Gasteiger partial charge >= 0.3 is 5.97 Å². The highest BCUT2D eigenvalue weighted by atomic mass is 16.5. The van der Waals surface area contributed by atoms with Gasteiger partial charge in [0.05, 0.1) is 11.1 Å². The Hall–Kier alpha value is -3.60. The Morgan fingerprint density at radius 3 is 2.20 bits per heavy atom. The second-order valence-corrected chi connectivity index (χ2v) is 5.93. The fourth-order valence-electron chi connectivity index (χ4n) is 2.12. The first-order valence-electron chi connectivity index (χ1n) is 9.61. The molecule has 0 bridgehead atoms. The normalized spacial score (nSPS) is 9.70. The van der Waals surface area contributed by atoms with Crippen molar-refractivity contribution in [2.45, 2.75) is 34.6 Å². The zero-order chi connectivity index (χ0) is 23.1. The second kappa shape index (κ2) is 14.4. The predicted molar refractivity (Wildman–Crippen MR) is 123 cm³/mol. The van der Waals surface area contributed by atoms with Gasteiger partial charge in [0.15, 0.2) is 0 Å². The molecule has 0 saturated heterocycles. The zero-order valence-electron chi connectivity index (χ0n) is 18.4. The van der Waals surface area contributed by atoms with Gasteiger partial charge in [-0.2, -0.15) is 0 Å². The van der Waals surface area contributed by atoms with Gasteiger partial charge in [0.1, 0.15) is 11.5 Å². The van der Waals surface area contributed by atoms with Crippen LogP contribution in [0, 0.1) is 6.92 Å². The van der Waals surface area contributed by atoms with E-state index in [9.17, 15) is 9.59 Å². The van der Waals surface area contributed by atoms with E-state index in [0.29, 0.717) is 22.8 Å². The molecule has 0 aliphatic carbocycles. The Labute approximate surface area is 179 Å². The van der Waals surface area contributed by atoms with Crippen LogP contribution in [0.4, 0.5) is 0 Å². The Bertz CT molecular complexity index is 883. The van der Waals surface area contributed by atoms with Crippen LogP contribution in [-0.2, 0) is 4.79 Å². The molecular weight excluding hydrogens is 378 g/mol. The van der Waals surface area contributed by atoms with E-state index < -0.39 is 11.9 Å². The van der Waals surface area contributed by atoms with Crippen molar-refractivity contribution in [3.8, 4) is 11.5 Å². The first-order chi connectivity index (χ1) is 14.3. The Kier molecular flexibility index (Phi) is 12.7. The second-order valence-electron chi connectivity index (χ2n) is 5.93. The number of hydrogen-bond acceptors (Lipinski definition) is 3. The highest BCUT2D eigenvalue weighted by molar-refractivity contribution is 5.98. The number of carboxylic acids is 1. The molecule has 0 saturated carbocycles. The summed E-state index contributed by atoms with van der Waals surface area (Å²) in [5.74, 6) is -0.489. The topological polar surface area (TPSA) is 75.6 Å². The molecule has 2 rings (SSSR count). The van der Waals surface area contributed by atoms with Crippen molar-refractivity contribution < 1.29 is 19.4 Å². The van der Waals surface area contributed by atoms with Gasteiger partial charge in [-0.15, -0.1) is 6.58 Å². The maximum absolute atomic E-state index is 12.5. The summed E-state index contributed by atoms with van der Waals surface area (Å²) < 4.78 is 5.82. The lowest BCUT2D eigenvalue weighted by Crippen LogP contribution is -2.22. The van der Waals surface area contributed by atoms with Gasteiger partial charge in [0.25, 0.3) is 5.91 Å². The summed E-state index contributed by atoms with van der Waals surface area (Å²) in [7, 11) is 0. The standard InChI is InChI=1S/C20H19NO4.C3H6.C2H6/c1-13-9-10-17(18(11-13)25-16-7-5-4-6-8-16)19(22)21-15(3)12-14(2)20(23)24;1-3-2;1-2/h4-12H,2H2,1,3H3,(H,21,22)(H,23,24);3H,1H2,2H3;1-2H3/b15-12+;;. The van der Waals surface area contributed by atoms with Crippen molar-refractivity contribution in [2.75, 3.05) is 0 Å². The summed E-state index contributed by atoms with van der Waals surface area (Å²) >= 11 is 0. The maximum Gasteiger partial charge on any atom is 0.335 e. The smallest absolute Gasteiger partial charge is 0.335 e. The molecule has 5 heteroatoms. The number of para-hydroxylation sites is 1. The molecule has 0 aromatic heterocycles. The number of aryl methyl sites for hydroxylation is 1. The molecule has 2 aromatic rings. The molecule has 0 heterocycles. The minimum absolute atomic E-state index is 0.109. The van der Waals surface area contributed by atoms with Gasteiger partial charge < -0.3 is 15.2 Å². The van der Waals surface area contributed by atoms with Crippen LogP contribution in [0.2, 0.25) is 0 Å². The van der Waals surface area contributed by atoms with E-state index in [1.807, 2.05) is 52.0 Å². The van der Waals surface area contributed by atoms with Gasteiger partial charge in [-0.25, -0.2) is 4.79 Å². The highest BCUT2D eigenvalue weighted by Gasteiger charge is 2.14. The zero-order valence-corrected chi connectivity index (χ0v) is 18.4. The van der Waals surface area contributed by atoms with Gasteiger partial charge in [0.2, 0.25) is 0 Å². The van der Waals surface area contributed by atoms with Crippen molar-refractivity contribution in [2.24, 2.45) is 0 Å². The largest absolute Gasteiger partial charge is 0.478 e. The predicted octanol–water partition coefficient (Wildman–Crippen LogP) is 6.28. The van der Waals surface area contributed by atoms with Gasteiger partial charge in [-0.3, -0.25) is 4.79 Å². The van der Waals surface area contributed by atoms with E-state index in [4.69, 9.17) is 9.84 Å². The molecule has 0 aliphatic heterocycles. The van der Waals surface area contributed by atoms with Crippen LogP contribution < -0.4 is 10.1 Å². The van der Waals surface area contributed by atoms with Gasteiger partial charge in [-0.05, 0) is 56.7 Å². The lowest BCUT2D eigenvalue weighted by atomic mass is 10.1. The monoisotopic (exact) mass is 409 g/mol. The molecule has 160 valence electrons. The number of allylic oxidation sites excluding steroid dienone is 2. The molecule has 30 heavy (non-hydrogen) atoms. The molecule has 0 atom stereocenters. The summed E-state index contributed by atoms with van der Waals surface area (Å²) in [4.78, 5) is 23.3. The Morgan fingerprint density at radius 1 is 1.10 bits per heavy atom. The van der Waals surface area contributed by atoms with Crippen molar-refractivity contribution in [1.29, 1.82) is 0 Å². The lowest BCUT2D eigenvalue weighted by Gasteiger charge is -2.12. The lowest BCUT2D eigenvalue weighted by molar-refractivity contribution is -0.132. The van der Waals surface area contributed by atoms with Crippen LogP contribution >= 0.6 is 0 Å². The number of amides is 1. The molecule has 2 N–H and O–H groups in total. The Morgan fingerprint density at radius 2 is 1.67 bits per heavy atom. The van der Waals surface area contributed by atoms with Crippen LogP contribution in [0.5, 0.6) is 11.5 Å². The minimum Gasteiger partial charge on any atom is -0.478 e. The number of rotatable bonds is 6. The first-order valence-corrected chi connectivity index (χ1v) is 9.61. The van der Waals surface area contributed by atoms with Crippen LogP contribution in [0.1, 0.15) is 43.6 Å². The average molecular weight is 410 g/mol. The van der Waals surface area contributed by atoms with Gasteiger partial charge in [-0.1, -0.05) is 50.8 Å². The maximum atomic E-state index is 12.5. The van der Waals surface area contributed by atoms with E-state index in [2.05, 4.69) is 18.5 Å². The third-order valence-electron chi connectivity index (χ3n) is 3.33. The van der Waals surface area contributed by atoms with Gasteiger partial charge in [0, 0.05) is 5.70 Å². The van der Waals surface area contributed by atoms with Crippen molar-refractivity contribution in [3.63, 3.8) is 0 Å². The molecule has 0 unspecified atom stereocenters. The van der Waals surface area contributed by atoms with E-state index in [0.717, 1.165) is 5.56 Å². The number of ether oxygens (including phenoxy) is 1. The van der Waals surface area contributed by atoms with Crippen LogP contribution in [0.15, 0.2) is 85.1 Å². The number of aliphatic carboxylic acids is 1. The van der Waals surface area contributed by atoms with Crippen molar-refractivity contribution >= 4 is 11.9 Å². The number of carbonyl (C=O) groups is 2. The fourth-order valence-corrected chi connectivity index (χ4v) is 2.12. The third kappa shape index (κ3) is 9.55. The van der Waals surface area contributed by atoms with Crippen LogP contribution in [0.3, 0.4) is 0 Å². The number of carboxylic acid groups (broad SMARTS) is 1. The first kappa shape index (κ1) is 26.4. The molecule has 0 radical (unpaired) electrons. The third-order valence-corrected chi connectivity index (χ3v) is 3.33. The minimum atomic E-state index is -1.14. The van der Waals surface area contributed by atoms with E-state index in [1.54, 1.807) is 37.3 Å². The van der Waals surface area contributed by atoms with E-state index in [1.165, 1.54) is 6.08 Å². The van der Waals surface area contributed by atoms with E-state index in [-0.39, 0.29) is 5.57 Å². The summed E-state index contributed by atoms with van der Waals surface area (Å²) in [6.07, 6.45) is 3.05. The number of benzene rings is 2.